The lowest BCUT2D eigenvalue weighted by Gasteiger charge is -2.42. The summed E-state index contributed by atoms with van der Waals surface area (Å²) in [6, 6.07) is 0. The zero-order valence-corrected chi connectivity index (χ0v) is 15.5. The molecule has 0 bridgehead atoms. The third kappa shape index (κ3) is 3.68. The number of likely N-dealkylation sites (tertiary alicyclic amines) is 1. The molecule has 1 amide bonds. The van der Waals surface area contributed by atoms with Gasteiger partial charge < -0.3 is 14.7 Å². The molecule has 4 nitrogen and oxygen atoms in total. The fraction of sp³-hybridized carbons (Fsp3) is 0.737. The lowest BCUT2D eigenvalue weighted by atomic mass is 9.77. The van der Waals surface area contributed by atoms with Crippen LogP contribution in [0.25, 0.3) is 0 Å². The van der Waals surface area contributed by atoms with Crippen LogP contribution in [-0.4, -0.2) is 49.3 Å². The van der Waals surface area contributed by atoms with Gasteiger partial charge in [0.05, 0.1) is 11.5 Å². The first-order valence-electron chi connectivity index (χ1n) is 9.17. The van der Waals surface area contributed by atoms with Gasteiger partial charge in [0, 0.05) is 32.2 Å². The summed E-state index contributed by atoms with van der Waals surface area (Å²) < 4.78 is 5.16. The molecule has 0 spiro atoms. The molecule has 2 heterocycles. The molecule has 1 aromatic heterocycles. The molecular weight excluding hydrogens is 322 g/mol. The molecule has 3 rings (SSSR count). The van der Waals surface area contributed by atoms with E-state index in [1.54, 1.807) is 18.4 Å². The Kier molecular flexibility index (Phi) is 5.95. The van der Waals surface area contributed by atoms with Crippen molar-refractivity contribution in [3.8, 4) is 0 Å². The zero-order valence-electron chi connectivity index (χ0n) is 14.7. The van der Waals surface area contributed by atoms with E-state index in [0.29, 0.717) is 13.2 Å². The van der Waals surface area contributed by atoms with E-state index in [2.05, 4.69) is 5.38 Å². The minimum atomic E-state index is -0.149. The van der Waals surface area contributed by atoms with Gasteiger partial charge in [-0.25, -0.2) is 0 Å². The number of fused-ring (bicyclic) bond motifs is 1. The van der Waals surface area contributed by atoms with Gasteiger partial charge in [-0.3, -0.25) is 4.79 Å². The number of hydrogen-bond acceptors (Lipinski definition) is 4. The van der Waals surface area contributed by atoms with Crippen LogP contribution >= 0.6 is 11.3 Å². The summed E-state index contributed by atoms with van der Waals surface area (Å²) in [6.45, 7) is 2.37. The molecule has 1 unspecified atom stereocenters. The van der Waals surface area contributed by atoms with Crippen LogP contribution in [-0.2, 0) is 17.6 Å². The van der Waals surface area contributed by atoms with Crippen molar-refractivity contribution >= 4 is 17.2 Å². The van der Waals surface area contributed by atoms with Gasteiger partial charge in [-0.15, -0.1) is 11.3 Å². The summed E-state index contributed by atoms with van der Waals surface area (Å²) in [5.41, 5.74) is 2.54. The lowest BCUT2D eigenvalue weighted by molar-refractivity contribution is 0.0182. The molecule has 0 saturated carbocycles. The second-order valence-corrected chi connectivity index (χ2v) is 8.24. The summed E-state index contributed by atoms with van der Waals surface area (Å²) in [5, 5.41) is 12.2. The van der Waals surface area contributed by atoms with E-state index in [1.165, 1.54) is 24.0 Å². The Bertz CT molecular complexity index is 571. The van der Waals surface area contributed by atoms with E-state index in [9.17, 15) is 9.90 Å². The van der Waals surface area contributed by atoms with Crippen molar-refractivity contribution in [3.05, 3.63) is 21.4 Å². The van der Waals surface area contributed by atoms with E-state index >= 15 is 0 Å². The molecule has 2 aliphatic rings. The van der Waals surface area contributed by atoms with Crippen LogP contribution in [0.1, 0.15) is 59.3 Å². The molecule has 1 atom stereocenters. The minimum absolute atomic E-state index is 0.149. The maximum absolute atomic E-state index is 13.1. The summed E-state index contributed by atoms with van der Waals surface area (Å²) >= 11 is 1.62. The second kappa shape index (κ2) is 7.98. The van der Waals surface area contributed by atoms with Gasteiger partial charge in [0.25, 0.3) is 5.91 Å². The van der Waals surface area contributed by atoms with Gasteiger partial charge in [-0.1, -0.05) is 0 Å². The molecule has 5 heteroatoms. The monoisotopic (exact) mass is 351 g/mol. The fourth-order valence-corrected chi connectivity index (χ4v) is 5.35. The molecule has 24 heavy (non-hydrogen) atoms. The third-order valence-electron chi connectivity index (χ3n) is 5.64. The number of carbonyl (C=O) groups is 1. The predicted octanol–water partition coefficient (Wildman–Crippen LogP) is 3.27. The molecule has 1 aromatic rings. The van der Waals surface area contributed by atoms with Crippen molar-refractivity contribution in [2.45, 2.75) is 51.4 Å². The van der Waals surface area contributed by atoms with Gasteiger partial charge in [-0.2, -0.15) is 0 Å². The third-order valence-corrected chi connectivity index (χ3v) is 6.70. The average Bonchev–Trinajstić information content (AvgIpc) is 3.05. The highest BCUT2D eigenvalue weighted by molar-refractivity contribution is 7.12. The number of thiophene rings is 1. The van der Waals surface area contributed by atoms with E-state index < -0.39 is 0 Å². The number of nitrogens with zero attached hydrogens (tertiary/aromatic N) is 1. The number of aliphatic hydroxyl groups excluding tert-OH is 1. The Morgan fingerprint density at radius 2 is 2.21 bits per heavy atom. The molecule has 1 saturated heterocycles. The number of aryl methyl sites for hydroxylation is 1. The number of hydrogen-bond donors (Lipinski definition) is 1. The van der Waals surface area contributed by atoms with Crippen molar-refractivity contribution in [1.82, 2.24) is 4.90 Å². The van der Waals surface area contributed by atoms with E-state index in [0.717, 1.165) is 49.9 Å². The Morgan fingerprint density at radius 1 is 1.38 bits per heavy atom. The molecule has 0 radical (unpaired) electrons. The number of amides is 1. The normalized spacial score (nSPS) is 24.0. The average molecular weight is 352 g/mol. The minimum Gasteiger partial charge on any atom is -0.396 e. The second-order valence-electron chi connectivity index (χ2n) is 7.36. The fourth-order valence-electron chi connectivity index (χ4n) is 4.23. The van der Waals surface area contributed by atoms with Crippen LogP contribution in [0.3, 0.4) is 0 Å². The van der Waals surface area contributed by atoms with Crippen LogP contribution < -0.4 is 0 Å². The topological polar surface area (TPSA) is 49.8 Å². The van der Waals surface area contributed by atoms with E-state index in [1.807, 2.05) is 4.90 Å². The van der Waals surface area contributed by atoms with Gasteiger partial charge in [0.15, 0.2) is 0 Å². The van der Waals surface area contributed by atoms with Gasteiger partial charge in [0.1, 0.15) is 0 Å². The van der Waals surface area contributed by atoms with Gasteiger partial charge in [-0.05, 0) is 67.9 Å². The largest absolute Gasteiger partial charge is 0.396 e. The SMILES string of the molecule is COCCCC1(CO)CCCN(C(=O)c2scc3c2CCCC3)C1. The lowest BCUT2D eigenvalue weighted by Crippen LogP contribution is -2.48. The number of carbonyl (C=O) groups excluding carboxylic acids is 1. The molecule has 1 N–H and O–H groups in total. The Labute approximate surface area is 148 Å². The van der Waals surface area contributed by atoms with Crippen molar-refractivity contribution in [2.24, 2.45) is 5.41 Å². The summed E-state index contributed by atoms with van der Waals surface area (Å²) in [4.78, 5) is 16.0. The first-order valence-corrected chi connectivity index (χ1v) is 10.1. The quantitative estimate of drug-likeness (QED) is 0.800. The molecule has 0 aromatic carbocycles. The van der Waals surface area contributed by atoms with Crippen LogP contribution in [0.15, 0.2) is 5.38 Å². The molecular formula is C19H29NO3S. The predicted molar refractivity (Wildman–Crippen MR) is 96.7 cm³/mol. The number of rotatable bonds is 6. The van der Waals surface area contributed by atoms with Crippen LogP contribution in [0.5, 0.6) is 0 Å². The number of aliphatic hydroxyl groups is 1. The van der Waals surface area contributed by atoms with Gasteiger partial charge in [0.2, 0.25) is 0 Å². The van der Waals surface area contributed by atoms with Gasteiger partial charge >= 0.3 is 0 Å². The molecule has 1 aliphatic carbocycles. The van der Waals surface area contributed by atoms with Crippen LogP contribution in [0.2, 0.25) is 0 Å². The zero-order chi connectivity index (χ0) is 17.0. The molecule has 134 valence electrons. The smallest absolute Gasteiger partial charge is 0.264 e. The number of methoxy groups -OCH3 is 1. The highest BCUT2D eigenvalue weighted by Gasteiger charge is 2.37. The Morgan fingerprint density at radius 3 is 3.00 bits per heavy atom. The maximum Gasteiger partial charge on any atom is 0.264 e. The van der Waals surface area contributed by atoms with E-state index in [-0.39, 0.29) is 17.9 Å². The maximum atomic E-state index is 13.1. The van der Waals surface area contributed by atoms with Crippen molar-refractivity contribution in [2.75, 3.05) is 33.4 Å². The standard InChI is InChI=1S/C19H29NO3S/c1-23-11-5-9-19(14-21)8-4-10-20(13-19)18(22)17-16-7-3-2-6-15(16)12-24-17/h12,21H,2-11,13-14H2,1H3. The Balaban J connectivity index is 1.71. The number of piperidine rings is 1. The summed E-state index contributed by atoms with van der Waals surface area (Å²) in [5.74, 6) is 0.187. The van der Waals surface area contributed by atoms with Crippen molar-refractivity contribution < 1.29 is 14.6 Å². The van der Waals surface area contributed by atoms with Crippen molar-refractivity contribution in [1.29, 1.82) is 0 Å². The number of ether oxygens (including phenoxy) is 1. The van der Waals surface area contributed by atoms with Crippen molar-refractivity contribution in [3.63, 3.8) is 0 Å². The van der Waals surface area contributed by atoms with Crippen LogP contribution in [0, 0.1) is 5.41 Å². The molecule has 1 aliphatic heterocycles. The summed E-state index contributed by atoms with van der Waals surface area (Å²) in [6.07, 6.45) is 8.45. The highest BCUT2D eigenvalue weighted by atomic mass is 32.1. The van der Waals surface area contributed by atoms with Crippen LogP contribution in [0.4, 0.5) is 0 Å². The first kappa shape index (κ1) is 17.9. The Hall–Kier alpha value is -0.910. The van der Waals surface area contributed by atoms with E-state index in [4.69, 9.17) is 4.74 Å². The highest BCUT2D eigenvalue weighted by Crippen LogP contribution is 2.37. The summed E-state index contributed by atoms with van der Waals surface area (Å²) in [7, 11) is 1.71. The first-order chi connectivity index (χ1) is 11.7. The molecule has 1 fully saturated rings.